The van der Waals surface area contributed by atoms with Crippen LogP contribution in [-0.4, -0.2) is 41.8 Å². The second kappa shape index (κ2) is 9.12. The molecular weight excluding hydrogens is 362 g/mol. The molecule has 7 nitrogen and oxygen atoms in total. The number of carbonyl (C=O) groups excluding carboxylic acids is 1. The number of para-hydroxylation sites is 1. The van der Waals surface area contributed by atoms with Crippen LogP contribution in [0.2, 0.25) is 0 Å². The van der Waals surface area contributed by atoms with Crippen LogP contribution in [-0.2, 0) is 22.7 Å². The van der Waals surface area contributed by atoms with Crippen molar-refractivity contribution in [1.29, 1.82) is 0 Å². The third-order valence-corrected chi connectivity index (χ3v) is 4.44. The second-order valence-electron chi connectivity index (χ2n) is 6.64. The lowest BCUT2D eigenvalue weighted by Crippen LogP contribution is -2.52. The topological polar surface area (TPSA) is 85.3 Å². The molecule has 0 radical (unpaired) electrons. The smallest absolute Gasteiger partial charge is 0.411 e. The number of amides is 1. The Kier molecular flexibility index (Phi) is 6.87. The number of nitrogens with zero attached hydrogens (tertiary/aromatic N) is 1. The number of hydrogen-bond acceptors (Lipinski definition) is 5. The lowest BCUT2D eigenvalue weighted by atomic mass is 10.0. The molecule has 0 saturated heterocycles. The monoisotopic (exact) mass is 387 g/mol. The highest BCUT2D eigenvalue weighted by molar-refractivity contribution is 5.83. The van der Waals surface area contributed by atoms with E-state index in [1.165, 1.54) is 28.1 Å². The number of hydrogen-bond donors (Lipinski definition) is 1. The van der Waals surface area contributed by atoms with Crippen molar-refractivity contribution in [3.8, 4) is 11.5 Å². The molecule has 0 aliphatic heterocycles. The van der Waals surface area contributed by atoms with Gasteiger partial charge in [-0.05, 0) is 25.5 Å². The summed E-state index contributed by atoms with van der Waals surface area (Å²) >= 11 is 0. The molecule has 0 bridgehead atoms. The van der Waals surface area contributed by atoms with Gasteiger partial charge >= 0.3 is 12.1 Å². The van der Waals surface area contributed by atoms with Gasteiger partial charge in [-0.3, -0.25) is 4.90 Å². The summed E-state index contributed by atoms with van der Waals surface area (Å²) in [6, 6.07) is 14.4. The molecule has 2 aromatic rings. The minimum Gasteiger partial charge on any atom is -0.493 e. The molecular formula is C21H25NO6. The van der Waals surface area contributed by atoms with Crippen molar-refractivity contribution in [3.63, 3.8) is 0 Å². The van der Waals surface area contributed by atoms with Gasteiger partial charge in [-0.1, -0.05) is 42.5 Å². The fourth-order valence-corrected chi connectivity index (χ4v) is 2.65. The van der Waals surface area contributed by atoms with Crippen LogP contribution < -0.4 is 9.47 Å². The van der Waals surface area contributed by atoms with Crippen LogP contribution in [0, 0.1) is 0 Å². The van der Waals surface area contributed by atoms with Crippen molar-refractivity contribution >= 4 is 12.1 Å². The fourth-order valence-electron chi connectivity index (χ4n) is 2.65. The van der Waals surface area contributed by atoms with Crippen molar-refractivity contribution in [2.45, 2.75) is 32.5 Å². The maximum absolute atomic E-state index is 12.8. The molecule has 2 aromatic carbocycles. The summed E-state index contributed by atoms with van der Waals surface area (Å²) in [4.78, 5) is 25.8. The normalized spacial score (nSPS) is 10.9. The molecule has 0 aromatic heterocycles. The van der Waals surface area contributed by atoms with Gasteiger partial charge in [-0.25, -0.2) is 9.59 Å². The van der Waals surface area contributed by atoms with Crippen LogP contribution in [0.3, 0.4) is 0 Å². The van der Waals surface area contributed by atoms with Gasteiger partial charge in [0, 0.05) is 5.56 Å². The Morgan fingerprint density at radius 1 is 1.00 bits per heavy atom. The van der Waals surface area contributed by atoms with E-state index in [1.807, 2.05) is 30.3 Å². The highest BCUT2D eigenvalue weighted by Gasteiger charge is 2.39. The number of methoxy groups -OCH3 is 2. The van der Waals surface area contributed by atoms with Gasteiger partial charge in [-0.2, -0.15) is 0 Å². The lowest BCUT2D eigenvalue weighted by Gasteiger charge is -2.34. The summed E-state index contributed by atoms with van der Waals surface area (Å²) in [6.07, 6.45) is -0.735. The van der Waals surface area contributed by atoms with Gasteiger partial charge in [0.1, 0.15) is 12.1 Å². The summed E-state index contributed by atoms with van der Waals surface area (Å²) in [5.74, 6) is -0.219. The second-order valence-corrected chi connectivity index (χ2v) is 6.64. The molecule has 0 spiro atoms. The van der Waals surface area contributed by atoms with Crippen molar-refractivity contribution in [1.82, 2.24) is 4.90 Å². The Labute approximate surface area is 164 Å². The first kappa shape index (κ1) is 21.1. The van der Waals surface area contributed by atoms with E-state index in [9.17, 15) is 14.7 Å². The fraction of sp³-hybridized carbons (Fsp3) is 0.333. The summed E-state index contributed by atoms with van der Waals surface area (Å²) in [5.41, 5.74) is -0.0854. The van der Waals surface area contributed by atoms with Gasteiger partial charge < -0.3 is 19.3 Å². The number of ether oxygens (including phenoxy) is 3. The Balaban J connectivity index is 2.30. The Morgan fingerprint density at radius 2 is 1.68 bits per heavy atom. The Hall–Kier alpha value is -3.22. The highest BCUT2D eigenvalue weighted by atomic mass is 16.6. The van der Waals surface area contributed by atoms with Crippen molar-refractivity contribution in [2.75, 3.05) is 14.2 Å². The van der Waals surface area contributed by atoms with E-state index in [-0.39, 0.29) is 13.2 Å². The maximum Gasteiger partial charge on any atom is 0.411 e. The van der Waals surface area contributed by atoms with E-state index in [4.69, 9.17) is 14.2 Å². The predicted octanol–water partition coefficient (Wildman–Crippen LogP) is 3.71. The van der Waals surface area contributed by atoms with Crippen LogP contribution in [0.25, 0.3) is 0 Å². The van der Waals surface area contributed by atoms with E-state index >= 15 is 0 Å². The van der Waals surface area contributed by atoms with E-state index < -0.39 is 17.6 Å². The molecule has 1 amide bonds. The molecule has 7 heteroatoms. The van der Waals surface area contributed by atoms with Gasteiger partial charge in [0.2, 0.25) is 0 Å². The van der Waals surface area contributed by atoms with Gasteiger partial charge in [0.15, 0.2) is 11.5 Å². The van der Waals surface area contributed by atoms with Gasteiger partial charge in [-0.15, -0.1) is 0 Å². The largest absolute Gasteiger partial charge is 0.493 e. The number of rotatable bonds is 8. The number of carbonyl (C=O) groups is 2. The van der Waals surface area contributed by atoms with E-state index in [0.29, 0.717) is 17.1 Å². The summed E-state index contributed by atoms with van der Waals surface area (Å²) in [7, 11) is 3.00. The molecule has 0 heterocycles. The Bertz CT molecular complexity index is 819. The zero-order valence-electron chi connectivity index (χ0n) is 16.5. The molecule has 28 heavy (non-hydrogen) atoms. The van der Waals surface area contributed by atoms with Crippen LogP contribution in [0.5, 0.6) is 11.5 Å². The van der Waals surface area contributed by atoms with Gasteiger partial charge in [0.05, 0.1) is 20.8 Å². The molecule has 1 N–H and O–H groups in total. The SMILES string of the molecule is COc1cccc(CN(C(=O)OCc2ccccc2)C(C)(C)C(=O)O)c1OC. The molecule has 0 aliphatic rings. The average Bonchev–Trinajstić information content (AvgIpc) is 2.70. The number of benzene rings is 2. The number of carboxylic acid groups (broad SMARTS) is 1. The van der Waals surface area contributed by atoms with Crippen molar-refractivity contribution in [3.05, 3.63) is 59.7 Å². The molecule has 0 atom stereocenters. The summed E-state index contributed by atoms with van der Waals surface area (Å²) < 4.78 is 16.1. The van der Waals surface area contributed by atoms with Crippen LogP contribution in [0.4, 0.5) is 4.79 Å². The minimum atomic E-state index is -1.50. The molecule has 0 unspecified atom stereocenters. The summed E-state index contributed by atoms with van der Waals surface area (Å²) in [5, 5.41) is 9.65. The minimum absolute atomic E-state index is 0.0205. The maximum atomic E-state index is 12.8. The van der Waals surface area contributed by atoms with Crippen LogP contribution >= 0.6 is 0 Å². The van der Waals surface area contributed by atoms with E-state index in [2.05, 4.69) is 0 Å². The molecule has 0 aliphatic carbocycles. The van der Waals surface area contributed by atoms with Crippen molar-refractivity contribution < 1.29 is 28.9 Å². The first-order valence-corrected chi connectivity index (χ1v) is 8.72. The van der Waals surface area contributed by atoms with Gasteiger partial charge in [0.25, 0.3) is 0 Å². The lowest BCUT2D eigenvalue weighted by molar-refractivity contribution is -0.148. The first-order chi connectivity index (χ1) is 13.3. The molecule has 2 rings (SSSR count). The average molecular weight is 387 g/mol. The zero-order valence-corrected chi connectivity index (χ0v) is 16.5. The van der Waals surface area contributed by atoms with Crippen LogP contribution in [0.1, 0.15) is 25.0 Å². The number of aliphatic carboxylic acids is 1. The predicted molar refractivity (Wildman–Crippen MR) is 103 cm³/mol. The third kappa shape index (κ3) is 4.73. The third-order valence-electron chi connectivity index (χ3n) is 4.44. The van der Waals surface area contributed by atoms with Crippen LogP contribution in [0.15, 0.2) is 48.5 Å². The van der Waals surface area contributed by atoms with E-state index in [0.717, 1.165) is 10.5 Å². The zero-order chi connectivity index (χ0) is 20.7. The van der Waals surface area contributed by atoms with E-state index in [1.54, 1.807) is 18.2 Å². The van der Waals surface area contributed by atoms with Crippen molar-refractivity contribution in [2.24, 2.45) is 0 Å². The molecule has 150 valence electrons. The first-order valence-electron chi connectivity index (χ1n) is 8.72. The molecule has 0 fully saturated rings. The quantitative estimate of drug-likeness (QED) is 0.743. The molecule has 0 saturated carbocycles. The summed E-state index contributed by atoms with van der Waals surface area (Å²) in [6.45, 7) is 2.92. The highest BCUT2D eigenvalue weighted by Crippen LogP contribution is 2.33. The number of carboxylic acids is 1. The Morgan fingerprint density at radius 3 is 2.25 bits per heavy atom. The standard InChI is InChI=1S/C21H25NO6/c1-21(2,19(23)24)22(20(25)28-14-15-9-6-5-7-10-15)13-16-11-8-12-17(26-3)18(16)27-4/h5-12H,13-14H2,1-4H3,(H,23,24).